The molecule has 0 bridgehead atoms. The molecule has 1 aliphatic rings. The van der Waals surface area contributed by atoms with Gasteiger partial charge in [-0.25, -0.2) is 13.4 Å². The third kappa shape index (κ3) is 4.78. The SMILES string of the molecule is Cc1ccc(C)c(S(=O)(=O)N2CCN(C(=O)Cc3c(C)nc(-c4cccnc4)[nH]c3=O)CC2)c1. The molecule has 9 nitrogen and oxygen atoms in total. The van der Waals surface area contributed by atoms with Gasteiger partial charge in [-0.15, -0.1) is 0 Å². The van der Waals surface area contributed by atoms with Crippen LogP contribution in [-0.4, -0.2) is 64.7 Å². The van der Waals surface area contributed by atoms with E-state index < -0.39 is 10.0 Å². The van der Waals surface area contributed by atoms with E-state index in [0.717, 1.165) is 5.56 Å². The molecule has 0 unspecified atom stereocenters. The van der Waals surface area contributed by atoms with Gasteiger partial charge in [-0.3, -0.25) is 14.6 Å². The monoisotopic (exact) mass is 481 g/mol. The molecule has 0 aliphatic carbocycles. The molecule has 0 radical (unpaired) electrons. The Bertz CT molecular complexity index is 1380. The van der Waals surface area contributed by atoms with Crippen LogP contribution in [0.4, 0.5) is 0 Å². The van der Waals surface area contributed by atoms with E-state index in [1.54, 1.807) is 55.4 Å². The van der Waals surface area contributed by atoms with Gasteiger partial charge < -0.3 is 9.88 Å². The molecule has 1 fully saturated rings. The van der Waals surface area contributed by atoms with Crippen molar-refractivity contribution in [1.29, 1.82) is 0 Å². The lowest BCUT2D eigenvalue weighted by Crippen LogP contribution is -2.51. The van der Waals surface area contributed by atoms with Crippen LogP contribution in [0.1, 0.15) is 22.4 Å². The van der Waals surface area contributed by atoms with Crippen molar-refractivity contribution in [2.75, 3.05) is 26.2 Å². The number of benzene rings is 1. The van der Waals surface area contributed by atoms with E-state index >= 15 is 0 Å². The third-order valence-corrected chi connectivity index (χ3v) is 8.08. The first-order valence-corrected chi connectivity index (χ1v) is 12.5. The zero-order valence-corrected chi connectivity index (χ0v) is 20.2. The number of amides is 1. The predicted octanol–water partition coefficient (Wildman–Crippen LogP) is 1.83. The van der Waals surface area contributed by atoms with Crippen molar-refractivity contribution >= 4 is 15.9 Å². The predicted molar refractivity (Wildman–Crippen MR) is 128 cm³/mol. The van der Waals surface area contributed by atoms with Crippen LogP contribution in [0, 0.1) is 20.8 Å². The van der Waals surface area contributed by atoms with Gasteiger partial charge in [-0.2, -0.15) is 4.31 Å². The highest BCUT2D eigenvalue weighted by Crippen LogP contribution is 2.22. The lowest BCUT2D eigenvalue weighted by atomic mass is 10.1. The van der Waals surface area contributed by atoms with Gasteiger partial charge in [0.1, 0.15) is 5.82 Å². The van der Waals surface area contributed by atoms with Gasteiger partial charge >= 0.3 is 0 Å². The van der Waals surface area contributed by atoms with Crippen LogP contribution in [0.5, 0.6) is 0 Å². The Morgan fingerprint density at radius 2 is 1.82 bits per heavy atom. The fourth-order valence-corrected chi connectivity index (χ4v) is 5.76. The number of carbonyl (C=O) groups is 1. The van der Waals surface area contributed by atoms with Crippen molar-refractivity contribution in [2.24, 2.45) is 0 Å². The minimum atomic E-state index is -3.64. The molecule has 4 rings (SSSR count). The number of hydrogen-bond donors (Lipinski definition) is 1. The number of pyridine rings is 1. The molecule has 34 heavy (non-hydrogen) atoms. The summed E-state index contributed by atoms with van der Waals surface area (Å²) in [5.74, 6) is 0.172. The highest BCUT2D eigenvalue weighted by atomic mass is 32.2. The number of nitrogens with zero attached hydrogens (tertiary/aromatic N) is 4. The van der Waals surface area contributed by atoms with Gasteiger partial charge in [-0.1, -0.05) is 12.1 Å². The van der Waals surface area contributed by atoms with Crippen LogP contribution in [0.2, 0.25) is 0 Å². The minimum absolute atomic E-state index is 0.0920. The minimum Gasteiger partial charge on any atom is -0.340 e. The Morgan fingerprint density at radius 3 is 2.47 bits per heavy atom. The molecule has 1 aliphatic heterocycles. The van der Waals surface area contributed by atoms with E-state index in [1.165, 1.54) is 4.31 Å². The van der Waals surface area contributed by atoms with E-state index in [0.29, 0.717) is 33.1 Å². The second-order valence-electron chi connectivity index (χ2n) is 8.45. The summed E-state index contributed by atoms with van der Waals surface area (Å²) >= 11 is 0. The molecule has 0 saturated carbocycles. The number of hydrogen-bond acceptors (Lipinski definition) is 6. The summed E-state index contributed by atoms with van der Waals surface area (Å²) in [7, 11) is -3.64. The van der Waals surface area contributed by atoms with Crippen LogP contribution in [-0.2, 0) is 21.2 Å². The van der Waals surface area contributed by atoms with E-state index in [9.17, 15) is 18.0 Å². The van der Waals surface area contributed by atoms with Gasteiger partial charge in [0.15, 0.2) is 0 Å². The maximum Gasteiger partial charge on any atom is 0.255 e. The zero-order valence-electron chi connectivity index (χ0n) is 19.4. The van der Waals surface area contributed by atoms with Crippen LogP contribution in [0.15, 0.2) is 52.4 Å². The van der Waals surface area contributed by atoms with Crippen LogP contribution < -0.4 is 5.56 Å². The summed E-state index contributed by atoms with van der Waals surface area (Å²) in [6.45, 7) is 6.27. The summed E-state index contributed by atoms with van der Waals surface area (Å²) in [6.07, 6.45) is 3.15. The van der Waals surface area contributed by atoms with Crippen molar-refractivity contribution in [3.05, 3.63) is 75.5 Å². The first-order valence-electron chi connectivity index (χ1n) is 11.0. The Hall–Kier alpha value is -3.37. The molecule has 1 amide bonds. The third-order valence-electron chi connectivity index (χ3n) is 6.04. The molecule has 3 aromatic rings. The van der Waals surface area contributed by atoms with Gasteiger partial charge in [0.05, 0.1) is 11.3 Å². The second-order valence-corrected chi connectivity index (χ2v) is 10.4. The fraction of sp³-hybridized carbons (Fsp3) is 0.333. The number of aryl methyl sites for hydroxylation is 3. The first kappa shape index (κ1) is 23.8. The van der Waals surface area contributed by atoms with Crippen LogP contribution in [0.25, 0.3) is 11.4 Å². The smallest absolute Gasteiger partial charge is 0.255 e. The van der Waals surface area contributed by atoms with Crippen molar-refractivity contribution in [3.8, 4) is 11.4 Å². The van der Waals surface area contributed by atoms with Crippen molar-refractivity contribution in [2.45, 2.75) is 32.1 Å². The van der Waals surface area contributed by atoms with E-state index in [4.69, 9.17) is 0 Å². The molecule has 1 N–H and O–H groups in total. The van der Waals surface area contributed by atoms with Crippen molar-refractivity contribution in [1.82, 2.24) is 24.2 Å². The van der Waals surface area contributed by atoms with Crippen molar-refractivity contribution in [3.63, 3.8) is 0 Å². The second kappa shape index (κ2) is 9.47. The van der Waals surface area contributed by atoms with Gasteiger partial charge in [0, 0.05) is 55.4 Å². The lowest BCUT2D eigenvalue weighted by molar-refractivity contribution is -0.131. The lowest BCUT2D eigenvalue weighted by Gasteiger charge is -2.34. The Kier molecular flexibility index (Phi) is 6.63. The summed E-state index contributed by atoms with van der Waals surface area (Å²) in [6, 6.07) is 8.91. The summed E-state index contributed by atoms with van der Waals surface area (Å²) in [5, 5.41) is 0. The number of sulfonamides is 1. The first-order chi connectivity index (χ1) is 16.2. The number of H-pyrrole nitrogens is 1. The molecule has 178 valence electrons. The van der Waals surface area contributed by atoms with Crippen LogP contribution >= 0.6 is 0 Å². The summed E-state index contributed by atoms with van der Waals surface area (Å²) < 4.78 is 27.7. The zero-order chi connectivity index (χ0) is 24.5. The molecule has 0 atom stereocenters. The number of rotatable bonds is 5. The maximum absolute atomic E-state index is 13.1. The number of piperazine rings is 1. The standard InChI is InChI=1S/C24H27N5O4S/c1-16-6-7-17(2)21(13-16)34(32,33)29-11-9-28(10-12-29)22(30)14-20-18(3)26-23(27-24(20)31)19-5-4-8-25-15-19/h4-8,13,15H,9-12,14H2,1-3H3,(H,26,27,31). The number of aromatic nitrogens is 3. The Labute approximate surface area is 198 Å². The fourth-order valence-electron chi connectivity index (χ4n) is 4.02. The Balaban J connectivity index is 1.44. The average Bonchev–Trinajstić information content (AvgIpc) is 2.83. The summed E-state index contributed by atoms with van der Waals surface area (Å²) in [5.41, 5.74) is 2.68. The Morgan fingerprint density at radius 1 is 1.09 bits per heavy atom. The summed E-state index contributed by atoms with van der Waals surface area (Å²) in [4.78, 5) is 38.7. The highest BCUT2D eigenvalue weighted by molar-refractivity contribution is 7.89. The molecule has 3 heterocycles. The quantitative estimate of drug-likeness (QED) is 0.594. The molecule has 10 heteroatoms. The van der Waals surface area contributed by atoms with E-state index in [1.807, 2.05) is 13.0 Å². The molecule has 0 spiro atoms. The largest absolute Gasteiger partial charge is 0.340 e. The van der Waals surface area contributed by atoms with E-state index in [-0.39, 0.29) is 44.1 Å². The number of nitrogens with one attached hydrogen (secondary N) is 1. The topological polar surface area (TPSA) is 116 Å². The molecular formula is C24H27N5O4S. The van der Waals surface area contributed by atoms with Gasteiger partial charge in [-0.05, 0) is 50.1 Å². The van der Waals surface area contributed by atoms with Crippen LogP contribution in [0.3, 0.4) is 0 Å². The van der Waals surface area contributed by atoms with Crippen molar-refractivity contribution < 1.29 is 13.2 Å². The maximum atomic E-state index is 13.1. The average molecular weight is 482 g/mol. The molecular weight excluding hydrogens is 454 g/mol. The highest BCUT2D eigenvalue weighted by Gasteiger charge is 2.31. The number of aromatic amines is 1. The van der Waals surface area contributed by atoms with Gasteiger partial charge in [0.25, 0.3) is 5.56 Å². The molecule has 2 aromatic heterocycles. The molecule has 1 aromatic carbocycles. The molecule has 1 saturated heterocycles. The normalized spacial score (nSPS) is 14.9. The number of carbonyl (C=O) groups excluding carboxylic acids is 1. The van der Waals surface area contributed by atoms with Gasteiger partial charge in [0.2, 0.25) is 15.9 Å². The van der Waals surface area contributed by atoms with E-state index in [2.05, 4.69) is 15.0 Å².